The maximum atomic E-state index is 13.2. The van der Waals surface area contributed by atoms with E-state index in [-0.39, 0.29) is 5.92 Å². The Balaban J connectivity index is 1.50. The topological polar surface area (TPSA) is 23.6 Å². The van der Waals surface area contributed by atoms with Crippen molar-refractivity contribution in [3.8, 4) is 0 Å². The van der Waals surface area contributed by atoms with Gasteiger partial charge >= 0.3 is 0 Å². The number of benzene rings is 1. The van der Waals surface area contributed by atoms with E-state index < -0.39 is 11.6 Å². The van der Waals surface area contributed by atoms with Crippen molar-refractivity contribution >= 4 is 17.7 Å². The molecule has 2 fully saturated rings. The number of carbonyl (C=O) groups excluding carboxylic acids is 1. The average molecular weight is 340 g/mol. The van der Waals surface area contributed by atoms with Crippen LogP contribution in [0.3, 0.4) is 0 Å². The SMILES string of the molecule is O=C(C1CCN(Cc2cc(F)cc(F)c2)CC1)N1CCSCC1. The second kappa shape index (κ2) is 7.62. The number of piperidine rings is 1. The summed E-state index contributed by atoms with van der Waals surface area (Å²) < 4.78 is 26.5. The Bertz CT molecular complexity index is 535. The Hall–Kier alpha value is -1.14. The lowest BCUT2D eigenvalue weighted by molar-refractivity contribution is -0.136. The van der Waals surface area contributed by atoms with E-state index in [1.807, 2.05) is 16.7 Å². The average Bonchev–Trinajstić information content (AvgIpc) is 2.55. The van der Waals surface area contributed by atoms with Gasteiger partial charge in [0.1, 0.15) is 11.6 Å². The molecular formula is C17H22F2N2OS. The molecule has 1 amide bonds. The van der Waals surface area contributed by atoms with E-state index in [1.165, 1.54) is 12.1 Å². The number of amides is 1. The monoisotopic (exact) mass is 340 g/mol. The van der Waals surface area contributed by atoms with Crippen LogP contribution in [0.2, 0.25) is 0 Å². The van der Waals surface area contributed by atoms with Gasteiger partial charge in [-0.25, -0.2) is 8.78 Å². The normalized spacial score (nSPS) is 20.7. The molecule has 2 saturated heterocycles. The first-order valence-corrected chi connectivity index (χ1v) is 9.31. The molecule has 6 heteroatoms. The number of rotatable bonds is 3. The molecule has 126 valence electrons. The molecule has 3 rings (SSSR count). The first-order valence-electron chi connectivity index (χ1n) is 8.15. The molecule has 3 nitrogen and oxygen atoms in total. The van der Waals surface area contributed by atoms with E-state index in [2.05, 4.69) is 4.90 Å². The summed E-state index contributed by atoms with van der Waals surface area (Å²) in [5.74, 6) is 1.41. The molecule has 0 saturated carbocycles. The van der Waals surface area contributed by atoms with Gasteiger partial charge in [0, 0.05) is 43.1 Å². The van der Waals surface area contributed by atoms with Crippen molar-refractivity contribution in [2.75, 3.05) is 37.7 Å². The van der Waals surface area contributed by atoms with Crippen LogP contribution in [0.25, 0.3) is 0 Å². The first-order chi connectivity index (χ1) is 11.1. The minimum Gasteiger partial charge on any atom is -0.341 e. The van der Waals surface area contributed by atoms with Crippen molar-refractivity contribution in [1.82, 2.24) is 9.80 Å². The highest BCUT2D eigenvalue weighted by atomic mass is 32.2. The summed E-state index contributed by atoms with van der Waals surface area (Å²) in [5, 5.41) is 0. The van der Waals surface area contributed by atoms with Gasteiger partial charge in [-0.2, -0.15) is 11.8 Å². The van der Waals surface area contributed by atoms with Crippen LogP contribution in [0.15, 0.2) is 18.2 Å². The van der Waals surface area contributed by atoms with E-state index in [4.69, 9.17) is 0 Å². The third-order valence-corrected chi connectivity index (χ3v) is 5.53. The molecule has 0 bridgehead atoms. The van der Waals surface area contributed by atoms with E-state index >= 15 is 0 Å². The molecule has 0 radical (unpaired) electrons. The molecule has 0 N–H and O–H groups in total. The number of nitrogens with zero attached hydrogens (tertiary/aromatic N) is 2. The number of thioether (sulfide) groups is 1. The lowest BCUT2D eigenvalue weighted by atomic mass is 9.95. The largest absolute Gasteiger partial charge is 0.341 e. The van der Waals surface area contributed by atoms with Crippen molar-refractivity contribution < 1.29 is 13.6 Å². The van der Waals surface area contributed by atoms with Crippen LogP contribution in [0.1, 0.15) is 18.4 Å². The summed E-state index contributed by atoms with van der Waals surface area (Å²) in [7, 11) is 0. The lowest BCUT2D eigenvalue weighted by Crippen LogP contribution is -2.45. The summed E-state index contributed by atoms with van der Waals surface area (Å²) in [5.41, 5.74) is 0.653. The predicted octanol–water partition coefficient (Wildman–Crippen LogP) is 2.75. The minimum atomic E-state index is -0.534. The number of halogens is 2. The van der Waals surface area contributed by atoms with Crippen molar-refractivity contribution in [1.29, 1.82) is 0 Å². The van der Waals surface area contributed by atoms with E-state index in [9.17, 15) is 13.6 Å². The van der Waals surface area contributed by atoms with Gasteiger partial charge in [-0.05, 0) is 43.6 Å². The molecule has 0 unspecified atom stereocenters. The summed E-state index contributed by atoms with van der Waals surface area (Å²) >= 11 is 1.90. The van der Waals surface area contributed by atoms with Gasteiger partial charge < -0.3 is 4.90 Å². The van der Waals surface area contributed by atoms with Gasteiger partial charge in [-0.3, -0.25) is 9.69 Å². The van der Waals surface area contributed by atoms with Crippen molar-refractivity contribution in [3.63, 3.8) is 0 Å². The number of hydrogen-bond donors (Lipinski definition) is 0. The van der Waals surface area contributed by atoms with E-state index in [1.54, 1.807) is 0 Å². The summed E-state index contributed by atoms with van der Waals surface area (Å²) in [4.78, 5) is 16.7. The number of carbonyl (C=O) groups is 1. The molecule has 0 atom stereocenters. The molecule has 2 aliphatic rings. The van der Waals surface area contributed by atoms with Crippen LogP contribution in [0.5, 0.6) is 0 Å². The second-order valence-corrected chi connectivity index (χ2v) is 7.49. The molecule has 2 aliphatic heterocycles. The summed E-state index contributed by atoms with van der Waals surface area (Å²) in [6, 6.07) is 3.66. The quantitative estimate of drug-likeness (QED) is 0.845. The van der Waals surface area contributed by atoms with E-state index in [0.717, 1.165) is 56.6 Å². The molecule has 23 heavy (non-hydrogen) atoms. The van der Waals surface area contributed by atoms with Crippen LogP contribution < -0.4 is 0 Å². The maximum absolute atomic E-state index is 13.2. The Labute approximate surface area is 140 Å². The highest BCUT2D eigenvalue weighted by molar-refractivity contribution is 7.99. The van der Waals surface area contributed by atoms with Crippen LogP contribution in [0, 0.1) is 17.6 Å². The predicted molar refractivity (Wildman–Crippen MR) is 88.3 cm³/mol. The maximum Gasteiger partial charge on any atom is 0.225 e. The second-order valence-electron chi connectivity index (χ2n) is 6.27. The number of likely N-dealkylation sites (tertiary alicyclic amines) is 1. The Kier molecular flexibility index (Phi) is 5.54. The molecule has 2 heterocycles. The first kappa shape index (κ1) is 16.7. The van der Waals surface area contributed by atoms with Crippen molar-refractivity contribution in [3.05, 3.63) is 35.4 Å². The zero-order chi connectivity index (χ0) is 16.2. The Morgan fingerprint density at radius 1 is 1.04 bits per heavy atom. The molecular weight excluding hydrogens is 318 g/mol. The van der Waals surface area contributed by atoms with Crippen molar-refractivity contribution in [2.45, 2.75) is 19.4 Å². The molecule has 1 aromatic carbocycles. The highest BCUT2D eigenvalue weighted by Crippen LogP contribution is 2.23. The lowest BCUT2D eigenvalue weighted by Gasteiger charge is -2.35. The summed E-state index contributed by atoms with van der Waals surface area (Å²) in [6.07, 6.45) is 1.67. The van der Waals surface area contributed by atoms with Crippen LogP contribution >= 0.6 is 11.8 Å². The molecule has 1 aromatic rings. The van der Waals surface area contributed by atoms with Gasteiger partial charge in [-0.1, -0.05) is 0 Å². The third-order valence-electron chi connectivity index (χ3n) is 4.59. The summed E-state index contributed by atoms with van der Waals surface area (Å²) in [6.45, 7) is 3.88. The zero-order valence-electron chi connectivity index (χ0n) is 13.1. The van der Waals surface area contributed by atoms with Gasteiger partial charge in [0.2, 0.25) is 5.91 Å². The molecule has 0 spiro atoms. The van der Waals surface area contributed by atoms with Gasteiger partial charge in [0.15, 0.2) is 0 Å². The van der Waals surface area contributed by atoms with Crippen LogP contribution in [-0.4, -0.2) is 53.4 Å². The van der Waals surface area contributed by atoms with Gasteiger partial charge in [-0.15, -0.1) is 0 Å². The fourth-order valence-electron chi connectivity index (χ4n) is 3.34. The fourth-order valence-corrected chi connectivity index (χ4v) is 4.24. The Morgan fingerprint density at radius 2 is 1.65 bits per heavy atom. The van der Waals surface area contributed by atoms with Crippen LogP contribution in [0.4, 0.5) is 8.78 Å². The van der Waals surface area contributed by atoms with E-state index in [0.29, 0.717) is 18.0 Å². The Morgan fingerprint density at radius 3 is 2.26 bits per heavy atom. The fraction of sp³-hybridized carbons (Fsp3) is 0.588. The standard InChI is InChI=1S/C17H22F2N2OS/c18-15-9-13(10-16(19)11-15)12-20-3-1-14(2-4-20)17(22)21-5-7-23-8-6-21/h9-11,14H,1-8,12H2. The molecule has 0 aliphatic carbocycles. The highest BCUT2D eigenvalue weighted by Gasteiger charge is 2.29. The number of hydrogen-bond acceptors (Lipinski definition) is 3. The van der Waals surface area contributed by atoms with Crippen LogP contribution in [-0.2, 0) is 11.3 Å². The van der Waals surface area contributed by atoms with Gasteiger partial charge in [0.25, 0.3) is 0 Å². The van der Waals surface area contributed by atoms with Crippen molar-refractivity contribution in [2.24, 2.45) is 5.92 Å². The minimum absolute atomic E-state index is 0.110. The molecule has 0 aromatic heterocycles. The van der Waals surface area contributed by atoms with Gasteiger partial charge in [0.05, 0.1) is 0 Å². The zero-order valence-corrected chi connectivity index (χ0v) is 14.0. The smallest absolute Gasteiger partial charge is 0.225 e. The third kappa shape index (κ3) is 4.44.